The van der Waals surface area contributed by atoms with E-state index in [1.54, 1.807) is 23.6 Å². The van der Waals surface area contributed by atoms with Gasteiger partial charge < -0.3 is 10.6 Å². The fourth-order valence-electron chi connectivity index (χ4n) is 3.59. The highest BCUT2D eigenvalue weighted by Crippen LogP contribution is 2.27. The summed E-state index contributed by atoms with van der Waals surface area (Å²) in [6.45, 7) is 6.53. The van der Waals surface area contributed by atoms with Gasteiger partial charge in [-0.15, -0.1) is 11.3 Å². The van der Waals surface area contributed by atoms with Crippen LogP contribution in [-0.4, -0.2) is 51.9 Å². The van der Waals surface area contributed by atoms with Crippen LogP contribution in [0.4, 0.5) is 5.82 Å². The number of amides is 1. The molecule has 3 heterocycles. The largest absolute Gasteiger partial charge is 0.384 e. The van der Waals surface area contributed by atoms with Gasteiger partial charge in [-0.25, -0.2) is 9.97 Å². The number of likely N-dealkylation sites (N-methyl/N-ethyl adjacent to an activating group) is 1. The molecule has 0 spiro atoms. The van der Waals surface area contributed by atoms with Crippen LogP contribution in [0.2, 0.25) is 0 Å². The van der Waals surface area contributed by atoms with Gasteiger partial charge in [0.25, 0.3) is 5.91 Å². The third-order valence-electron chi connectivity index (χ3n) is 5.16. The molecule has 1 amide bonds. The average Bonchev–Trinajstić information content (AvgIpc) is 3.29. The molecule has 3 rings (SSSR count). The molecule has 1 saturated heterocycles. The minimum absolute atomic E-state index is 0.174. The lowest BCUT2D eigenvalue weighted by atomic mass is 10.1. The van der Waals surface area contributed by atoms with Crippen molar-refractivity contribution in [3.05, 3.63) is 39.5 Å². The van der Waals surface area contributed by atoms with Gasteiger partial charge in [0.05, 0.1) is 11.4 Å². The van der Waals surface area contributed by atoms with Gasteiger partial charge >= 0.3 is 0 Å². The van der Waals surface area contributed by atoms with Gasteiger partial charge in [0, 0.05) is 30.2 Å². The van der Waals surface area contributed by atoms with Crippen LogP contribution in [0.15, 0.2) is 18.3 Å². The first kappa shape index (κ1) is 19.8. The number of carbonyl (C=O) groups excluding carboxylic acids is 1. The summed E-state index contributed by atoms with van der Waals surface area (Å²) in [6.07, 6.45) is 5.82. The highest BCUT2D eigenvalue weighted by atomic mass is 32.1. The molecule has 0 unspecified atom stereocenters. The maximum atomic E-state index is 13.0. The van der Waals surface area contributed by atoms with Crippen LogP contribution in [-0.2, 0) is 19.4 Å². The summed E-state index contributed by atoms with van der Waals surface area (Å²) in [5, 5.41) is 0. The number of hydrogen-bond acceptors (Lipinski definition) is 6. The first-order valence-electron chi connectivity index (χ1n) is 9.70. The number of nitrogen functional groups attached to an aromatic ring is 1. The second-order valence-electron chi connectivity index (χ2n) is 7.17. The van der Waals surface area contributed by atoms with E-state index >= 15 is 0 Å². The van der Waals surface area contributed by atoms with Crippen LogP contribution in [0.25, 0.3) is 0 Å². The van der Waals surface area contributed by atoms with Crippen molar-refractivity contribution in [3.8, 4) is 0 Å². The van der Waals surface area contributed by atoms with Crippen molar-refractivity contribution in [1.82, 2.24) is 19.8 Å². The van der Waals surface area contributed by atoms with E-state index in [1.807, 2.05) is 4.90 Å². The van der Waals surface area contributed by atoms with Crippen molar-refractivity contribution in [3.63, 3.8) is 0 Å². The summed E-state index contributed by atoms with van der Waals surface area (Å²) in [7, 11) is 2.06. The molecular weight excluding hydrogens is 358 g/mol. The molecule has 1 atom stereocenters. The van der Waals surface area contributed by atoms with Crippen molar-refractivity contribution in [2.24, 2.45) is 0 Å². The van der Waals surface area contributed by atoms with E-state index in [9.17, 15) is 4.79 Å². The van der Waals surface area contributed by atoms with E-state index in [4.69, 9.17) is 5.73 Å². The van der Waals surface area contributed by atoms with Gasteiger partial charge in [-0.05, 0) is 44.0 Å². The Balaban J connectivity index is 1.62. The molecule has 27 heavy (non-hydrogen) atoms. The molecule has 1 fully saturated rings. The number of likely N-dealkylation sites (tertiary alicyclic amines) is 1. The van der Waals surface area contributed by atoms with E-state index < -0.39 is 0 Å². The summed E-state index contributed by atoms with van der Waals surface area (Å²) in [4.78, 5) is 28.0. The maximum Gasteiger partial charge on any atom is 0.263 e. The molecular formula is C20H29N5OS. The van der Waals surface area contributed by atoms with Gasteiger partial charge in [-0.2, -0.15) is 0 Å². The molecule has 0 bridgehead atoms. The Hall–Kier alpha value is -1.99. The molecule has 1 aliphatic rings. The molecule has 2 N–H and O–H groups in total. The second kappa shape index (κ2) is 8.80. The van der Waals surface area contributed by atoms with Gasteiger partial charge in [-0.3, -0.25) is 9.69 Å². The van der Waals surface area contributed by atoms with Crippen molar-refractivity contribution in [2.45, 2.75) is 52.1 Å². The quantitative estimate of drug-likeness (QED) is 0.790. The highest BCUT2D eigenvalue weighted by molar-refractivity contribution is 7.14. The van der Waals surface area contributed by atoms with Crippen molar-refractivity contribution in [2.75, 3.05) is 25.9 Å². The minimum atomic E-state index is 0.174. The lowest BCUT2D eigenvalue weighted by Crippen LogP contribution is -2.36. The van der Waals surface area contributed by atoms with Gasteiger partial charge in [0.15, 0.2) is 0 Å². The van der Waals surface area contributed by atoms with E-state index in [-0.39, 0.29) is 5.91 Å². The lowest BCUT2D eigenvalue weighted by molar-refractivity contribution is 0.0784. The predicted molar refractivity (Wildman–Crippen MR) is 110 cm³/mol. The van der Waals surface area contributed by atoms with E-state index in [0.29, 0.717) is 18.4 Å². The zero-order valence-electron chi connectivity index (χ0n) is 16.4. The van der Waals surface area contributed by atoms with Crippen LogP contribution in [0.3, 0.4) is 0 Å². The summed E-state index contributed by atoms with van der Waals surface area (Å²) in [5.41, 5.74) is 7.07. The van der Waals surface area contributed by atoms with E-state index in [0.717, 1.165) is 49.5 Å². The number of nitrogens with two attached hydrogens (primary N) is 1. The first-order chi connectivity index (χ1) is 13.0. The Labute approximate surface area is 165 Å². The third-order valence-corrected chi connectivity index (χ3v) is 6.38. The highest BCUT2D eigenvalue weighted by Gasteiger charge is 2.30. The number of thiophene rings is 1. The van der Waals surface area contributed by atoms with Crippen LogP contribution < -0.4 is 5.73 Å². The standard InChI is InChI=1S/C20H29N5OS/c1-4-6-16-14(5-2)11-17(27-16)20(26)25-10-8-15(12-25)24(3)13-19-22-9-7-18(21)23-19/h7,9,11,15H,4-6,8,10,12-13H2,1-3H3,(H2,21,22,23)/t15-/m0/s1. The Morgan fingerprint density at radius 1 is 1.44 bits per heavy atom. The van der Waals surface area contributed by atoms with Crippen molar-refractivity contribution in [1.29, 1.82) is 0 Å². The summed E-state index contributed by atoms with van der Waals surface area (Å²) in [5.74, 6) is 1.38. The Bertz CT molecular complexity index is 790. The number of hydrogen-bond donors (Lipinski definition) is 1. The van der Waals surface area contributed by atoms with Gasteiger partial charge in [0.2, 0.25) is 0 Å². The van der Waals surface area contributed by atoms with Crippen molar-refractivity contribution >= 4 is 23.1 Å². The number of anilines is 1. The molecule has 0 radical (unpaired) electrons. The number of aromatic nitrogens is 2. The molecule has 1 aliphatic heterocycles. The summed E-state index contributed by atoms with van der Waals surface area (Å²) < 4.78 is 0. The summed E-state index contributed by atoms with van der Waals surface area (Å²) >= 11 is 1.68. The van der Waals surface area contributed by atoms with Crippen LogP contribution >= 0.6 is 11.3 Å². The first-order valence-corrected chi connectivity index (χ1v) is 10.5. The molecule has 7 heteroatoms. The number of rotatable bonds is 7. The molecule has 2 aromatic heterocycles. The number of aryl methyl sites for hydroxylation is 2. The zero-order chi connectivity index (χ0) is 19.4. The fraction of sp³-hybridized carbons (Fsp3) is 0.550. The summed E-state index contributed by atoms with van der Waals surface area (Å²) in [6, 6.07) is 4.12. The number of carbonyl (C=O) groups is 1. The Kier molecular flexibility index (Phi) is 6.44. The van der Waals surface area contributed by atoms with E-state index in [2.05, 4.69) is 41.8 Å². The lowest BCUT2D eigenvalue weighted by Gasteiger charge is -2.23. The predicted octanol–water partition coefficient (Wildman–Crippen LogP) is 2.98. The fourth-order valence-corrected chi connectivity index (χ4v) is 4.92. The van der Waals surface area contributed by atoms with Gasteiger partial charge in [0.1, 0.15) is 11.6 Å². The zero-order valence-corrected chi connectivity index (χ0v) is 17.3. The smallest absolute Gasteiger partial charge is 0.263 e. The Morgan fingerprint density at radius 3 is 2.96 bits per heavy atom. The third kappa shape index (κ3) is 4.65. The Morgan fingerprint density at radius 2 is 2.26 bits per heavy atom. The molecule has 0 aliphatic carbocycles. The molecule has 146 valence electrons. The van der Waals surface area contributed by atoms with Gasteiger partial charge in [-0.1, -0.05) is 20.3 Å². The van der Waals surface area contributed by atoms with E-state index in [1.165, 1.54) is 10.4 Å². The molecule has 0 aromatic carbocycles. The van der Waals surface area contributed by atoms with Crippen LogP contribution in [0.1, 0.15) is 52.6 Å². The normalized spacial score (nSPS) is 17.0. The minimum Gasteiger partial charge on any atom is -0.384 e. The SMILES string of the molecule is CCCc1sc(C(=O)N2CC[C@H](N(C)Cc3nccc(N)n3)C2)cc1CC. The second-order valence-corrected chi connectivity index (χ2v) is 8.31. The topological polar surface area (TPSA) is 75.4 Å². The van der Waals surface area contributed by atoms with Crippen LogP contribution in [0.5, 0.6) is 0 Å². The van der Waals surface area contributed by atoms with Crippen LogP contribution in [0, 0.1) is 0 Å². The maximum absolute atomic E-state index is 13.0. The average molecular weight is 388 g/mol. The molecule has 0 saturated carbocycles. The van der Waals surface area contributed by atoms with Crippen molar-refractivity contribution < 1.29 is 4.79 Å². The monoisotopic (exact) mass is 387 g/mol. The number of nitrogens with zero attached hydrogens (tertiary/aromatic N) is 4. The molecule has 2 aromatic rings. The molecule has 6 nitrogen and oxygen atoms in total.